The molecule has 0 fully saturated rings. The number of aliphatic carboxylic acids is 1. The summed E-state index contributed by atoms with van der Waals surface area (Å²) in [6.07, 6.45) is 1.29. The second kappa shape index (κ2) is 7.21. The van der Waals surface area contributed by atoms with Crippen LogP contribution in [0.4, 0.5) is 0 Å². The van der Waals surface area contributed by atoms with Crippen molar-refractivity contribution in [1.82, 2.24) is 9.13 Å². The zero-order chi connectivity index (χ0) is 19.9. The van der Waals surface area contributed by atoms with E-state index in [1.165, 1.54) is 16.2 Å². The van der Waals surface area contributed by atoms with Gasteiger partial charge in [-0.25, -0.2) is 4.79 Å². The van der Waals surface area contributed by atoms with Crippen molar-refractivity contribution in [1.29, 1.82) is 0 Å². The number of nitrogens with zero attached hydrogens (tertiary/aromatic N) is 2. The van der Waals surface area contributed by atoms with Crippen LogP contribution in [0.3, 0.4) is 0 Å². The molecule has 0 spiro atoms. The number of ether oxygens (including phenoxy) is 1. The van der Waals surface area contributed by atoms with E-state index in [-0.39, 0.29) is 0 Å². The summed E-state index contributed by atoms with van der Waals surface area (Å²) in [5, 5.41) is 11.6. The van der Waals surface area contributed by atoms with Crippen molar-refractivity contribution < 1.29 is 19.5 Å². The van der Waals surface area contributed by atoms with Gasteiger partial charge in [0.1, 0.15) is 4.83 Å². The number of hydrogen-bond donors (Lipinski definition) is 1. The third-order valence-electron chi connectivity index (χ3n) is 4.78. The quantitative estimate of drug-likeness (QED) is 0.633. The molecule has 1 N–H and O–H groups in total. The number of quaternary nitrogens is 1. The summed E-state index contributed by atoms with van der Waals surface area (Å²) in [4.78, 5) is 39.7. The highest BCUT2D eigenvalue weighted by molar-refractivity contribution is 7.18. The Morgan fingerprint density at radius 1 is 1.30 bits per heavy atom. The first kappa shape index (κ1) is 19.8. The van der Waals surface area contributed by atoms with E-state index in [1.54, 1.807) is 4.57 Å². The van der Waals surface area contributed by atoms with Gasteiger partial charge >= 0.3 is 5.69 Å². The Balaban J connectivity index is 2.23. The van der Waals surface area contributed by atoms with Gasteiger partial charge in [-0.3, -0.25) is 13.9 Å². The highest BCUT2D eigenvalue weighted by Gasteiger charge is 2.31. The number of carboxylic acids is 1. The van der Waals surface area contributed by atoms with Crippen molar-refractivity contribution in [2.24, 2.45) is 0 Å². The molecule has 1 aliphatic heterocycles. The average molecular weight is 395 g/mol. The topological polar surface area (TPSA) is 97.8 Å². The number of aryl methyl sites for hydroxylation is 1. The Hall–Kier alpha value is -1.97. The summed E-state index contributed by atoms with van der Waals surface area (Å²) >= 11 is 1.40. The highest BCUT2D eigenvalue weighted by atomic mass is 32.1. The lowest BCUT2D eigenvalue weighted by molar-refractivity contribution is -0.858. The number of carbonyl (C=O) groups is 1. The number of hydrogen-bond acceptors (Lipinski definition) is 6. The molecule has 8 nitrogen and oxygen atoms in total. The maximum atomic E-state index is 13.0. The largest absolute Gasteiger partial charge is 0.548 e. The third kappa shape index (κ3) is 3.85. The second-order valence-corrected chi connectivity index (χ2v) is 9.00. The van der Waals surface area contributed by atoms with Crippen molar-refractivity contribution in [2.45, 2.75) is 52.0 Å². The molecule has 2 aromatic heterocycles. The summed E-state index contributed by atoms with van der Waals surface area (Å²) in [5.74, 6) is -1.45. The number of rotatable bonds is 6. The van der Waals surface area contributed by atoms with Gasteiger partial charge in [-0.1, -0.05) is 0 Å². The number of aromatic nitrogens is 2. The molecule has 0 atom stereocenters. The summed E-state index contributed by atoms with van der Waals surface area (Å²) in [6, 6.07) is 0. The van der Waals surface area contributed by atoms with Gasteiger partial charge in [0.05, 0.1) is 50.7 Å². The number of nitrogens with one attached hydrogen (secondary N) is 1. The maximum absolute atomic E-state index is 13.0. The van der Waals surface area contributed by atoms with Gasteiger partial charge in [0.15, 0.2) is 0 Å². The van der Waals surface area contributed by atoms with E-state index in [0.717, 1.165) is 28.0 Å². The Morgan fingerprint density at radius 3 is 2.63 bits per heavy atom. The maximum Gasteiger partial charge on any atom is 0.332 e. The van der Waals surface area contributed by atoms with Crippen LogP contribution in [0.25, 0.3) is 10.2 Å². The fourth-order valence-corrected chi connectivity index (χ4v) is 4.70. The van der Waals surface area contributed by atoms with Crippen LogP contribution in [0.2, 0.25) is 0 Å². The molecule has 27 heavy (non-hydrogen) atoms. The van der Waals surface area contributed by atoms with Crippen LogP contribution in [0, 0.1) is 0 Å². The standard InChI is InChI=1S/C18H25N3O5S/c1-18(2)8-11-12(10-26-18)27-16-14(11)15(24)21(9-13(22)23)17(25)20(16)7-5-6-19(3)4/h5-10H2,1-4H3,(H,22,23). The van der Waals surface area contributed by atoms with Crippen molar-refractivity contribution in [3.05, 3.63) is 31.3 Å². The number of carboxylic acid groups (broad SMARTS) is 1. The molecule has 9 heteroatoms. The zero-order valence-electron chi connectivity index (χ0n) is 16.1. The van der Waals surface area contributed by atoms with Crippen molar-refractivity contribution >= 4 is 27.5 Å². The van der Waals surface area contributed by atoms with Crippen LogP contribution in [-0.4, -0.2) is 41.3 Å². The van der Waals surface area contributed by atoms with E-state index >= 15 is 0 Å². The van der Waals surface area contributed by atoms with Crippen molar-refractivity contribution in [3.63, 3.8) is 0 Å². The average Bonchev–Trinajstić information content (AvgIpc) is 2.91. The molecule has 0 saturated carbocycles. The van der Waals surface area contributed by atoms with Gasteiger partial charge in [-0.2, -0.15) is 0 Å². The fourth-order valence-electron chi connectivity index (χ4n) is 3.46. The molecule has 0 amide bonds. The molecule has 0 radical (unpaired) electrons. The van der Waals surface area contributed by atoms with Crippen LogP contribution in [0.15, 0.2) is 9.59 Å². The minimum atomic E-state index is -1.45. The molecule has 0 aliphatic carbocycles. The molecular formula is C18H25N3O5S. The minimum Gasteiger partial charge on any atom is -0.548 e. The van der Waals surface area contributed by atoms with Crippen molar-refractivity contribution in [3.8, 4) is 0 Å². The SMILES string of the molecule is C[NH+](C)CCCn1c(=O)n(CC(=O)[O-])c(=O)c2c3c(sc21)COC(C)(C)C3. The van der Waals surface area contributed by atoms with Gasteiger partial charge in [0, 0.05) is 24.3 Å². The summed E-state index contributed by atoms with van der Waals surface area (Å²) in [6.45, 7) is 4.84. The van der Waals surface area contributed by atoms with Crippen LogP contribution >= 0.6 is 11.3 Å². The van der Waals surface area contributed by atoms with E-state index in [0.29, 0.717) is 29.8 Å². The first-order valence-corrected chi connectivity index (χ1v) is 9.83. The van der Waals surface area contributed by atoms with E-state index in [2.05, 4.69) is 0 Å². The summed E-state index contributed by atoms with van der Waals surface area (Å²) in [5.41, 5.74) is -0.689. The number of thiophene rings is 1. The summed E-state index contributed by atoms with van der Waals surface area (Å²) in [7, 11) is 4.05. The molecule has 1 aliphatic rings. The lowest BCUT2D eigenvalue weighted by Crippen LogP contribution is -3.05. The molecular weight excluding hydrogens is 370 g/mol. The van der Waals surface area contributed by atoms with Crippen molar-refractivity contribution in [2.75, 3.05) is 20.6 Å². The predicted octanol–water partition coefficient (Wildman–Crippen LogP) is -1.64. The van der Waals surface area contributed by atoms with Gasteiger partial charge in [-0.05, 0) is 19.4 Å². The molecule has 0 saturated heterocycles. The number of carbonyl (C=O) groups excluding carboxylic acids is 1. The lowest BCUT2D eigenvalue weighted by atomic mass is 9.94. The second-order valence-electron chi connectivity index (χ2n) is 7.92. The molecule has 3 rings (SSSR count). The molecule has 0 aromatic carbocycles. The van der Waals surface area contributed by atoms with Crippen LogP contribution < -0.4 is 21.3 Å². The Bertz CT molecular complexity index is 999. The molecule has 2 aromatic rings. The molecule has 148 valence electrons. The fraction of sp³-hybridized carbons (Fsp3) is 0.611. The smallest absolute Gasteiger partial charge is 0.332 e. The molecule has 3 heterocycles. The Kier molecular flexibility index (Phi) is 5.29. The Labute approximate surface area is 160 Å². The Morgan fingerprint density at radius 2 is 2.00 bits per heavy atom. The molecule has 0 bridgehead atoms. The first-order valence-electron chi connectivity index (χ1n) is 9.01. The zero-order valence-corrected chi connectivity index (χ0v) is 16.9. The normalized spacial score (nSPS) is 16.0. The van der Waals surface area contributed by atoms with E-state index in [4.69, 9.17) is 4.74 Å². The van der Waals surface area contributed by atoms with E-state index < -0.39 is 29.4 Å². The lowest BCUT2D eigenvalue weighted by Gasteiger charge is -2.29. The van der Waals surface area contributed by atoms with E-state index in [9.17, 15) is 19.5 Å². The summed E-state index contributed by atoms with van der Waals surface area (Å²) < 4.78 is 8.17. The molecule has 0 unspecified atom stereocenters. The first-order chi connectivity index (χ1) is 12.6. The van der Waals surface area contributed by atoms with E-state index in [1.807, 2.05) is 27.9 Å². The third-order valence-corrected chi connectivity index (χ3v) is 6.01. The van der Waals surface area contributed by atoms with Crippen LogP contribution in [0.5, 0.6) is 0 Å². The van der Waals surface area contributed by atoms with Crippen LogP contribution in [-0.2, 0) is 35.6 Å². The highest BCUT2D eigenvalue weighted by Crippen LogP contribution is 2.37. The monoisotopic (exact) mass is 395 g/mol. The van der Waals surface area contributed by atoms with Crippen LogP contribution in [0.1, 0.15) is 30.7 Å². The van der Waals surface area contributed by atoms with Gasteiger partial charge in [0.2, 0.25) is 0 Å². The van der Waals surface area contributed by atoms with Gasteiger partial charge in [0.25, 0.3) is 5.56 Å². The predicted molar refractivity (Wildman–Crippen MR) is 100 cm³/mol. The number of fused-ring (bicyclic) bond motifs is 3. The minimum absolute atomic E-state index is 0.387. The van der Waals surface area contributed by atoms with Gasteiger partial charge < -0.3 is 19.5 Å². The van der Waals surface area contributed by atoms with Gasteiger partial charge in [-0.15, -0.1) is 11.3 Å².